The summed E-state index contributed by atoms with van der Waals surface area (Å²) < 4.78 is 16.1. The number of carbonyl (C=O) groups excluding carboxylic acids is 2. The minimum Gasteiger partial charge on any atom is -0.459 e. The number of rotatable bonds is 6. The van der Waals surface area contributed by atoms with Gasteiger partial charge in [-0.1, -0.05) is 12.1 Å². The van der Waals surface area contributed by atoms with Gasteiger partial charge in [-0.2, -0.15) is 0 Å². The molecule has 0 aliphatic carbocycles. The summed E-state index contributed by atoms with van der Waals surface area (Å²) in [6.07, 6.45) is -0.244. The van der Waals surface area contributed by atoms with E-state index in [0.29, 0.717) is 40.0 Å². The van der Waals surface area contributed by atoms with Gasteiger partial charge in [0.25, 0.3) is 5.91 Å². The van der Waals surface area contributed by atoms with Gasteiger partial charge in [-0.05, 0) is 75.8 Å². The number of fused-ring (bicyclic) bond motifs is 1. The molecule has 0 spiro atoms. The number of carbonyl (C=O) groups is 2. The quantitative estimate of drug-likeness (QED) is 0.470. The largest absolute Gasteiger partial charge is 0.459 e. The van der Waals surface area contributed by atoms with Crippen molar-refractivity contribution in [2.75, 3.05) is 18.7 Å². The van der Waals surface area contributed by atoms with Gasteiger partial charge in [-0.3, -0.25) is 4.79 Å². The van der Waals surface area contributed by atoms with Crippen molar-refractivity contribution >= 4 is 34.9 Å². The molecule has 2 aromatic carbocycles. The van der Waals surface area contributed by atoms with E-state index >= 15 is 0 Å². The summed E-state index contributed by atoms with van der Waals surface area (Å²) in [6, 6.07) is 11.9. The molecule has 0 aromatic heterocycles. The van der Waals surface area contributed by atoms with Crippen LogP contribution in [-0.2, 0) is 9.53 Å². The van der Waals surface area contributed by atoms with Crippen LogP contribution in [0.15, 0.2) is 53.7 Å². The van der Waals surface area contributed by atoms with Gasteiger partial charge in [-0.15, -0.1) is 0 Å². The third-order valence-corrected chi connectivity index (χ3v) is 5.95. The molecular weight excluding hydrogens is 454 g/mol. The van der Waals surface area contributed by atoms with Crippen LogP contribution < -0.4 is 20.1 Å². The molecule has 0 radical (unpaired) electrons. The molecule has 2 aliphatic heterocycles. The number of ether oxygens (including phenoxy) is 3. The van der Waals surface area contributed by atoms with Crippen LogP contribution in [0.2, 0.25) is 0 Å². The lowest BCUT2D eigenvalue weighted by Gasteiger charge is -2.37. The number of amides is 1. The lowest BCUT2D eigenvalue weighted by atomic mass is 9.94. The summed E-state index contributed by atoms with van der Waals surface area (Å²) in [6.45, 7) is 8.27. The average Bonchev–Trinajstić information content (AvgIpc) is 3.27. The normalized spacial score (nSPS) is 17.0. The molecule has 2 heterocycles. The van der Waals surface area contributed by atoms with Crippen molar-refractivity contribution in [1.82, 2.24) is 10.2 Å². The van der Waals surface area contributed by atoms with Crippen LogP contribution in [0.25, 0.3) is 0 Å². The highest BCUT2D eigenvalue weighted by atomic mass is 32.1. The van der Waals surface area contributed by atoms with E-state index in [-0.39, 0.29) is 24.8 Å². The molecule has 2 N–H and O–H groups in total. The molecule has 2 aliphatic rings. The Labute approximate surface area is 203 Å². The van der Waals surface area contributed by atoms with E-state index in [0.717, 1.165) is 11.3 Å². The first-order valence-electron chi connectivity index (χ1n) is 11.1. The highest BCUT2D eigenvalue weighted by Crippen LogP contribution is 2.34. The molecule has 4 rings (SSSR count). The molecule has 0 bridgehead atoms. The number of allylic oxidation sites excluding steroid dienone is 1. The Balaban J connectivity index is 1.55. The van der Waals surface area contributed by atoms with Gasteiger partial charge in [0.1, 0.15) is 0 Å². The number of hydrogen-bond donors (Lipinski definition) is 2. The molecule has 0 saturated carbocycles. The minimum atomic E-state index is -0.458. The van der Waals surface area contributed by atoms with E-state index in [2.05, 4.69) is 10.6 Å². The van der Waals surface area contributed by atoms with Gasteiger partial charge in [-0.25, -0.2) is 4.79 Å². The fourth-order valence-electron chi connectivity index (χ4n) is 3.95. The Morgan fingerprint density at radius 2 is 1.88 bits per heavy atom. The van der Waals surface area contributed by atoms with Crippen molar-refractivity contribution in [1.29, 1.82) is 0 Å². The Morgan fingerprint density at radius 1 is 1.18 bits per heavy atom. The molecule has 1 unspecified atom stereocenters. The minimum absolute atomic E-state index is 0.150. The predicted molar refractivity (Wildman–Crippen MR) is 132 cm³/mol. The summed E-state index contributed by atoms with van der Waals surface area (Å²) in [5, 5.41) is 6.69. The molecule has 1 atom stereocenters. The lowest BCUT2D eigenvalue weighted by Crippen LogP contribution is -2.47. The second-order valence-corrected chi connectivity index (χ2v) is 8.61. The van der Waals surface area contributed by atoms with Gasteiger partial charge >= 0.3 is 5.97 Å². The van der Waals surface area contributed by atoms with Gasteiger partial charge in [0.2, 0.25) is 6.79 Å². The summed E-state index contributed by atoms with van der Waals surface area (Å²) in [5.74, 6) is 0.520. The monoisotopic (exact) mass is 481 g/mol. The van der Waals surface area contributed by atoms with Gasteiger partial charge < -0.3 is 29.7 Å². The van der Waals surface area contributed by atoms with Gasteiger partial charge in [0.15, 0.2) is 16.6 Å². The van der Waals surface area contributed by atoms with Crippen LogP contribution in [0.3, 0.4) is 0 Å². The molecule has 0 saturated heterocycles. The topological polar surface area (TPSA) is 89.1 Å². The maximum absolute atomic E-state index is 13.0. The Hall–Kier alpha value is -3.59. The lowest BCUT2D eigenvalue weighted by molar-refractivity contribution is -0.143. The van der Waals surface area contributed by atoms with Crippen molar-refractivity contribution in [3.05, 3.63) is 64.9 Å². The van der Waals surface area contributed by atoms with Crippen molar-refractivity contribution in [3.8, 4) is 11.5 Å². The fourth-order valence-corrected chi connectivity index (χ4v) is 4.34. The molecule has 178 valence electrons. The first-order valence-corrected chi connectivity index (χ1v) is 11.5. The fraction of sp³-hybridized carbons (Fsp3) is 0.320. The van der Waals surface area contributed by atoms with Crippen molar-refractivity contribution in [2.45, 2.75) is 39.8 Å². The van der Waals surface area contributed by atoms with Crippen LogP contribution in [-0.4, -0.2) is 41.3 Å². The van der Waals surface area contributed by atoms with E-state index in [1.54, 1.807) is 30.3 Å². The number of hydrogen-bond acceptors (Lipinski definition) is 6. The zero-order valence-electron chi connectivity index (χ0n) is 19.5. The number of nitrogens with zero attached hydrogens (tertiary/aromatic N) is 1. The first kappa shape index (κ1) is 23.6. The van der Waals surface area contributed by atoms with E-state index in [1.807, 2.05) is 44.7 Å². The third-order valence-electron chi connectivity index (χ3n) is 5.61. The first-order chi connectivity index (χ1) is 16.3. The van der Waals surface area contributed by atoms with E-state index in [9.17, 15) is 9.59 Å². The summed E-state index contributed by atoms with van der Waals surface area (Å²) in [5.41, 5.74) is 3.19. The summed E-state index contributed by atoms with van der Waals surface area (Å²) in [4.78, 5) is 27.5. The standard InChI is InChI=1S/C25H27N3O5S/c1-5-28-15(4)21(24(30)33-14(2)3)22(27-25(28)34)16-6-9-18(10-7-16)26-23(29)17-8-11-19-20(12-17)32-13-31-19/h6-12,14,22H,5,13H2,1-4H3,(H,26,29)(H,27,34). The van der Waals surface area contributed by atoms with Gasteiger partial charge in [0, 0.05) is 23.5 Å². The molecule has 0 fully saturated rings. The number of esters is 1. The summed E-state index contributed by atoms with van der Waals surface area (Å²) >= 11 is 5.53. The molecule has 8 nitrogen and oxygen atoms in total. The van der Waals surface area contributed by atoms with E-state index < -0.39 is 6.04 Å². The molecule has 34 heavy (non-hydrogen) atoms. The van der Waals surface area contributed by atoms with Crippen molar-refractivity contribution < 1.29 is 23.8 Å². The second kappa shape index (κ2) is 9.72. The Kier molecular flexibility index (Phi) is 6.74. The maximum atomic E-state index is 13.0. The predicted octanol–water partition coefficient (Wildman–Crippen LogP) is 4.14. The SMILES string of the molecule is CCN1C(=S)NC(c2ccc(NC(=O)c3ccc4c(c3)OCO4)cc2)C(C(=O)OC(C)C)=C1C. The Morgan fingerprint density at radius 3 is 2.56 bits per heavy atom. The van der Waals surface area contributed by atoms with Crippen molar-refractivity contribution in [3.63, 3.8) is 0 Å². The zero-order valence-corrected chi connectivity index (χ0v) is 20.3. The Bertz CT molecular complexity index is 1160. The van der Waals surface area contributed by atoms with E-state index in [1.165, 1.54) is 0 Å². The van der Waals surface area contributed by atoms with Crippen LogP contribution in [0.1, 0.15) is 49.7 Å². The highest BCUT2D eigenvalue weighted by molar-refractivity contribution is 7.80. The second-order valence-electron chi connectivity index (χ2n) is 8.22. The van der Waals surface area contributed by atoms with Gasteiger partial charge in [0.05, 0.1) is 17.7 Å². The molecule has 2 aromatic rings. The van der Waals surface area contributed by atoms with Crippen LogP contribution >= 0.6 is 12.2 Å². The molecular formula is C25H27N3O5S. The van der Waals surface area contributed by atoms with Crippen LogP contribution in [0.5, 0.6) is 11.5 Å². The number of nitrogens with one attached hydrogen (secondary N) is 2. The number of thiocarbonyl (C=S) groups is 1. The van der Waals surface area contributed by atoms with E-state index in [4.69, 9.17) is 26.4 Å². The molecule has 9 heteroatoms. The van der Waals surface area contributed by atoms with Crippen molar-refractivity contribution in [2.24, 2.45) is 0 Å². The average molecular weight is 482 g/mol. The zero-order chi connectivity index (χ0) is 24.4. The highest BCUT2D eigenvalue weighted by Gasteiger charge is 2.34. The smallest absolute Gasteiger partial charge is 0.338 e. The molecule has 1 amide bonds. The maximum Gasteiger partial charge on any atom is 0.338 e. The summed E-state index contributed by atoms with van der Waals surface area (Å²) in [7, 11) is 0. The van der Waals surface area contributed by atoms with Crippen LogP contribution in [0.4, 0.5) is 5.69 Å². The number of anilines is 1. The van der Waals surface area contributed by atoms with Crippen LogP contribution in [0, 0.1) is 0 Å². The third kappa shape index (κ3) is 4.70. The number of benzene rings is 2.